The zero-order chi connectivity index (χ0) is 16.1. The van der Waals surface area contributed by atoms with Crippen molar-refractivity contribution in [2.75, 3.05) is 18.5 Å². The van der Waals surface area contributed by atoms with Gasteiger partial charge in [-0.05, 0) is 29.5 Å². The highest BCUT2D eigenvalue weighted by Crippen LogP contribution is 2.28. The first-order chi connectivity index (χ1) is 10.5. The van der Waals surface area contributed by atoms with Crippen LogP contribution in [0.5, 0.6) is 0 Å². The Morgan fingerprint density at radius 2 is 1.82 bits per heavy atom. The zero-order valence-electron chi connectivity index (χ0n) is 13.8. The summed E-state index contributed by atoms with van der Waals surface area (Å²) in [6.07, 6.45) is 1.40. The van der Waals surface area contributed by atoms with Gasteiger partial charge < -0.3 is 14.8 Å². The smallest absolute Gasteiger partial charge is 0.338 e. The van der Waals surface area contributed by atoms with Gasteiger partial charge in [0.2, 0.25) is 0 Å². The normalized spacial score (nSPS) is 17.0. The lowest BCUT2D eigenvalue weighted by molar-refractivity contribution is -0.141. The van der Waals surface area contributed by atoms with Crippen LogP contribution in [0.4, 0.5) is 5.69 Å². The fourth-order valence-corrected chi connectivity index (χ4v) is 2.13. The van der Waals surface area contributed by atoms with Gasteiger partial charge in [0.15, 0.2) is 6.23 Å². The number of hydrogen-bond donors (Lipinski definition) is 1. The van der Waals surface area contributed by atoms with Crippen LogP contribution in [0.3, 0.4) is 0 Å². The number of anilines is 1. The molecule has 22 heavy (non-hydrogen) atoms. The van der Waals surface area contributed by atoms with Gasteiger partial charge in [-0.1, -0.05) is 45.9 Å². The van der Waals surface area contributed by atoms with Crippen molar-refractivity contribution in [2.45, 2.75) is 33.9 Å². The SMILES string of the molecule is CC(C)COC(=O)C1=Cc2ccccc2NC1OCC(C)C. The third kappa shape index (κ3) is 4.34. The average Bonchev–Trinajstić information content (AvgIpc) is 2.49. The third-order valence-electron chi connectivity index (χ3n) is 3.22. The van der Waals surface area contributed by atoms with Crippen molar-refractivity contribution < 1.29 is 14.3 Å². The summed E-state index contributed by atoms with van der Waals surface area (Å²) in [7, 11) is 0. The average molecular weight is 303 g/mol. The molecular weight excluding hydrogens is 278 g/mol. The van der Waals surface area contributed by atoms with Gasteiger partial charge in [-0.25, -0.2) is 4.79 Å². The van der Waals surface area contributed by atoms with Gasteiger partial charge in [0, 0.05) is 5.69 Å². The van der Waals surface area contributed by atoms with Crippen LogP contribution in [-0.4, -0.2) is 25.4 Å². The summed E-state index contributed by atoms with van der Waals surface area (Å²) >= 11 is 0. The van der Waals surface area contributed by atoms with Crippen molar-refractivity contribution >= 4 is 17.7 Å². The van der Waals surface area contributed by atoms with Gasteiger partial charge >= 0.3 is 5.97 Å². The highest BCUT2D eigenvalue weighted by Gasteiger charge is 2.27. The van der Waals surface area contributed by atoms with Crippen molar-refractivity contribution in [3.8, 4) is 0 Å². The molecular formula is C18H25NO3. The lowest BCUT2D eigenvalue weighted by Gasteiger charge is -2.28. The Hall–Kier alpha value is -1.81. The maximum absolute atomic E-state index is 12.4. The fourth-order valence-electron chi connectivity index (χ4n) is 2.13. The van der Waals surface area contributed by atoms with Gasteiger partial charge in [0.25, 0.3) is 0 Å². The topological polar surface area (TPSA) is 47.6 Å². The Morgan fingerprint density at radius 3 is 2.50 bits per heavy atom. The number of carbonyl (C=O) groups excluding carboxylic acids is 1. The largest absolute Gasteiger partial charge is 0.462 e. The van der Waals surface area contributed by atoms with Crippen LogP contribution in [0.25, 0.3) is 6.08 Å². The maximum atomic E-state index is 12.4. The minimum atomic E-state index is -0.461. The second-order valence-corrected chi connectivity index (χ2v) is 6.43. The molecule has 1 heterocycles. The first-order valence-corrected chi connectivity index (χ1v) is 7.83. The van der Waals surface area contributed by atoms with Crippen molar-refractivity contribution in [1.82, 2.24) is 0 Å². The molecule has 0 aromatic heterocycles. The summed E-state index contributed by atoms with van der Waals surface area (Å²) in [6.45, 7) is 9.18. The molecule has 0 saturated heterocycles. The molecule has 0 spiro atoms. The predicted molar refractivity (Wildman–Crippen MR) is 88.4 cm³/mol. The van der Waals surface area contributed by atoms with E-state index in [9.17, 15) is 4.79 Å². The van der Waals surface area contributed by atoms with Crippen molar-refractivity contribution in [2.24, 2.45) is 11.8 Å². The molecule has 0 radical (unpaired) electrons. The molecule has 1 N–H and O–H groups in total. The van der Waals surface area contributed by atoms with Crippen molar-refractivity contribution in [3.63, 3.8) is 0 Å². The first-order valence-electron chi connectivity index (χ1n) is 7.83. The van der Waals surface area contributed by atoms with E-state index >= 15 is 0 Å². The van der Waals surface area contributed by atoms with E-state index in [1.54, 1.807) is 0 Å². The summed E-state index contributed by atoms with van der Waals surface area (Å²) in [6, 6.07) is 7.86. The number of para-hydroxylation sites is 1. The van der Waals surface area contributed by atoms with Crippen LogP contribution >= 0.6 is 0 Å². The number of rotatable bonds is 6. The molecule has 0 fully saturated rings. The summed E-state index contributed by atoms with van der Waals surface area (Å²) in [5.74, 6) is 0.389. The highest BCUT2D eigenvalue weighted by molar-refractivity contribution is 5.98. The van der Waals surface area contributed by atoms with Gasteiger partial charge in [0.05, 0.1) is 18.8 Å². The van der Waals surface area contributed by atoms with Crippen molar-refractivity contribution in [3.05, 3.63) is 35.4 Å². The molecule has 0 bridgehead atoms. The Kier molecular flexibility index (Phi) is 5.61. The lowest BCUT2D eigenvalue weighted by Crippen LogP contribution is -2.34. The first kappa shape index (κ1) is 16.6. The minimum Gasteiger partial charge on any atom is -0.462 e. The van der Waals surface area contributed by atoms with E-state index in [2.05, 4.69) is 19.2 Å². The van der Waals surface area contributed by atoms with Gasteiger partial charge in [-0.15, -0.1) is 0 Å². The van der Waals surface area contributed by atoms with Crippen LogP contribution in [0.2, 0.25) is 0 Å². The lowest BCUT2D eigenvalue weighted by atomic mass is 10.0. The number of nitrogens with one attached hydrogen (secondary N) is 1. The Bertz CT molecular complexity index is 549. The summed E-state index contributed by atoms with van der Waals surface area (Å²) in [5, 5.41) is 3.28. The highest BCUT2D eigenvalue weighted by atomic mass is 16.5. The molecule has 1 atom stereocenters. The van der Waals surface area contributed by atoms with Crippen LogP contribution in [0.1, 0.15) is 33.3 Å². The molecule has 0 aliphatic carbocycles. The van der Waals surface area contributed by atoms with Crippen LogP contribution in [0, 0.1) is 11.8 Å². The van der Waals surface area contributed by atoms with Gasteiger partial charge in [-0.3, -0.25) is 0 Å². The molecule has 1 aromatic carbocycles. The molecule has 1 aliphatic rings. The van der Waals surface area contributed by atoms with E-state index in [4.69, 9.17) is 9.47 Å². The molecule has 1 aliphatic heterocycles. The molecule has 0 amide bonds. The van der Waals surface area contributed by atoms with Gasteiger partial charge in [0.1, 0.15) is 0 Å². The summed E-state index contributed by atoms with van der Waals surface area (Å²) in [4.78, 5) is 12.4. The molecule has 0 saturated carbocycles. The second kappa shape index (κ2) is 7.45. The van der Waals surface area contributed by atoms with E-state index in [0.717, 1.165) is 11.3 Å². The number of hydrogen-bond acceptors (Lipinski definition) is 4. The summed E-state index contributed by atoms with van der Waals surface area (Å²) < 4.78 is 11.2. The molecule has 1 aromatic rings. The molecule has 2 rings (SSSR count). The maximum Gasteiger partial charge on any atom is 0.338 e. The van der Waals surface area contributed by atoms with E-state index in [0.29, 0.717) is 30.6 Å². The number of fused-ring (bicyclic) bond motifs is 1. The zero-order valence-corrected chi connectivity index (χ0v) is 13.8. The Morgan fingerprint density at radius 1 is 1.14 bits per heavy atom. The monoisotopic (exact) mass is 303 g/mol. The van der Waals surface area contributed by atoms with E-state index in [-0.39, 0.29) is 5.97 Å². The molecule has 120 valence electrons. The fraction of sp³-hybridized carbons (Fsp3) is 0.500. The number of ether oxygens (including phenoxy) is 2. The predicted octanol–water partition coefficient (Wildman–Crippen LogP) is 3.69. The van der Waals surface area contributed by atoms with Crippen LogP contribution in [-0.2, 0) is 14.3 Å². The number of esters is 1. The second-order valence-electron chi connectivity index (χ2n) is 6.43. The number of carbonyl (C=O) groups is 1. The van der Waals surface area contributed by atoms with E-state index < -0.39 is 6.23 Å². The Labute approximate surface area is 132 Å². The number of benzene rings is 1. The van der Waals surface area contributed by atoms with E-state index in [1.165, 1.54) is 0 Å². The van der Waals surface area contributed by atoms with Crippen molar-refractivity contribution in [1.29, 1.82) is 0 Å². The van der Waals surface area contributed by atoms with Gasteiger partial charge in [-0.2, -0.15) is 0 Å². The molecule has 1 unspecified atom stereocenters. The van der Waals surface area contributed by atoms with E-state index in [1.807, 2.05) is 44.2 Å². The van der Waals surface area contributed by atoms with Crippen LogP contribution < -0.4 is 5.32 Å². The van der Waals surface area contributed by atoms with Crippen LogP contribution in [0.15, 0.2) is 29.8 Å². The molecule has 4 nitrogen and oxygen atoms in total. The Balaban J connectivity index is 2.19. The quantitative estimate of drug-likeness (QED) is 0.814. The third-order valence-corrected chi connectivity index (χ3v) is 3.22. The summed E-state index contributed by atoms with van der Waals surface area (Å²) in [5.41, 5.74) is 2.47. The minimum absolute atomic E-state index is 0.309. The standard InChI is InChI=1S/C18H25NO3/c1-12(2)10-21-17-15(18(20)22-11-13(3)4)9-14-7-5-6-8-16(14)19-17/h5-9,12-13,17,19H,10-11H2,1-4H3. The molecule has 4 heteroatoms.